The smallest absolute Gasteiger partial charge is 0.321 e. The second-order valence-corrected chi connectivity index (χ2v) is 3.92. The van der Waals surface area contributed by atoms with Crippen LogP contribution in [0.25, 0.3) is 0 Å². The van der Waals surface area contributed by atoms with Gasteiger partial charge in [0.1, 0.15) is 0 Å². The molecular weight excluding hydrogens is 180 g/mol. The summed E-state index contributed by atoms with van der Waals surface area (Å²) in [6.45, 7) is 6.81. The summed E-state index contributed by atoms with van der Waals surface area (Å²) in [7, 11) is 0. The van der Waals surface area contributed by atoms with E-state index >= 15 is 0 Å². The summed E-state index contributed by atoms with van der Waals surface area (Å²) >= 11 is 0. The maximum Gasteiger partial charge on any atom is 0.324 e. The van der Waals surface area contributed by atoms with Gasteiger partial charge in [0, 0.05) is 19.0 Å². The van der Waals surface area contributed by atoms with Crippen LogP contribution in [0.2, 0.25) is 0 Å². The first-order valence-corrected chi connectivity index (χ1v) is 5.16. The summed E-state index contributed by atoms with van der Waals surface area (Å²) in [6.07, 6.45) is 1.46. The van der Waals surface area contributed by atoms with Crippen LogP contribution < -0.4 is 5.32 Å². The minimum atomic E-state index is -0.242. The summed E-state index contributed by atoms with van der Waals surface area (Å²) in [5.74, 6) is 0.302. The van der Waals surface area contributed by atoms with Gasteiger partial charge in [-0.2, -0.15) is 0 Å². The van der Waals surface area contributed by atoms with Gasteiger partial charge in [-0.15, -0.1) is 0 Å². The molecule has 2 atom stereocenters. The quantitative estimate of drug-likeness (QED) is 0.744. The highest BCUT2D eigenvalue weighted by Crippen LogP contribution is 2.16. The average molecular weight is 198 g/mol. The highest BCUT2D eigenvalue weighted by Gasteiger charge is 2.28. The molecule has 14 heavy (non-hydrogen) atoms. The van der Waals surface area contributed by atoms with E-state index in [1.807, 2.05) is 6.92 Å². The Kier molecular flexibility index (Phi) is 3.49. The number of amides is 3. The highest BCUT2D eigenvalue weighted by molar-refractivity contribution is 5.96. The highest BCUT2D eigenvalue weighted by atomic mass is 16.2. The first-order chi connectivity index (χ1) is 6.56. The van der Waals surface area contributed by atoms with Crippen LogP contribution in [-0.4, -0.2) is 29.4 Å². The standard InChI is InChI=1S/C10H18N2O2/c1-4-7(2)8(3)12-6-5-9(13)11-10(12)14/h7-8H,4-6H2,1-3H3,(H,11,13,14). The molecule has 1 heterocycles. The van der Waals surface area contributed by atoms with Crippen molar-refractivity contribution < 1.29 is 9.59 Å². The molecule has 1 rings (SSSR count). The third-order valence-corrected chi connectivity index (χ3v) is 3.05. The van der Waals surface area contributed by atoms with E-state index in [-0.39, 0.29) is 18.0 Å². The van der Waals surface area contributed by atoms with Crippen LogP contribution in [-0.2, 0) is 4.79 Å². The second-order valence-electron chi connectivity index (χ2n) is 3.92. The number of nitrogens with one attached hydrogen (secondary N) is 1. The summed E-state index contributed by atoms with van der Waals surface area (Å²) in [5.41, 5.74) is 0. The molecule has 80 valence electrons. The molecule has 1 saturated heterocycles. The summed E-state index contributed by atoms with van der Waals surface area (Å²) in [4.78, 5) is 24.1. The van der Waals surface area contributed by atoms with Gasteiger partial charge in [-0.1, -0.05) is 20.3 Å². The molecule has 0 aliphatic carbocycles. The van der Waals surface area contributed by atoms with E-state index in [0.29, 0.717) is 18.9 Å². The van der Waals surface area contributed by atoms with Crippen LogP contribution in [0.15, 0.2) is 0 Å². The van der Waals surface area contributed by atoms with Crippen molar-refractivity contribution in [2.75, 3.05) is 6.54 Å². The van der Waals surface area contributed by atoms with Crippen molar-refractivity contribution in [3.63, 3.8) is 0 Å². The van der Waals surface area contributed by atoms with E-state index in [2.05, 4.69) is 19.2 Å². The number of imide groups is 1. The van der Waals surface area contributed by atoms with Gasteiger partial charge in [0.2, 0.25) is 5.91 Å². The van der Waals surface area contributed by atoms with Crippen LogP contribution in [0.1, 0.15) is 33.6 Å². The molecule has 0 aromatic carbocycles. The fourth-order valence-corrected chi connectivity index (χ4v) is 1.61. The Labute approximate surface area is 84.7 Å². The van der Waals surface area contributed by atoms with E-state index in [9.17, 15) is 9.59 Å². The van der Waals surface area contributed by atoms with Gasteiger partial charge in [0.15, 0.2) is 0 Å². The third-order valence-electron chi connectivity index (χ3n) is 3.05. The van der Waals surface area contributed by atoms with E-state index in [1.165, 1.54) is 0 Å². The molecule has 3 amide bonds. The number of hydrogen-bond acceptors (Lipinski definition) is 2. The molecule has 1 N–H and O–H groups in total. The second kappa shape index (κ2) is 4.44. The molecule has 1 aliphatic rings. The Hall–Kier alpha value is -1.06. The van der Waals surface area contributed by atoms with Gasteiger partial charge in [-0.3, -0.25) is 10.1 Å². The number of nitrogens with zero attached hydrogens (tertiary/aromatic N) is 1. The molecule has 0 bridgehead atoms. The predicted octanol–water partition coefficient (Wildman–Crippen LogP) is 1.36. The number of carbonyl (C=O) groups is 2. The van der Waals surface area contributed by atoms with Crippen LogP contribution in [0.3, 0.4) is 0 Å². The van der Waals surface area contributed by atoms with Gasteiger partial charge < -0.3 is 4.90 Å². The lowest BCUT2D eigenvalue weighted by molar-refractivity contribution is -0.121. The zero-order valence-electron chi connectivity index (χ0n) is 9.04. The molecule has 1 aliphatic heterocycles. The largest absolute Gasteiger partial charge is 0.324 e. The van der Waals surface area contributed by atoms with Crippen molar-refractivity contribution in [2.24, 2.45) is 5.92 Å². The Balaban J connectivity index is 2.59. The normalized spacial score (nSPS) is 21.8. The van der Waals surface area contributed by atoms with Crippen LogP contribution >= 0.6 is 0 Å². The van der Waals surface area contributed by atoms with Crippen LogP contribution in [0.4, 0.5) is 4.79 Å². The Morgan fingerprint density at radius 3 is 2.57 bits per heavy atom. The summed E-state index contributed by atoms with van der Waals surface area (Å²) in [5, 5.41) is 2.34. The molecule has 0 spiro atoms. The topological polar surface area (TPSA) is 49.4 Å². The Morgan fingerprint density at radius 2 is 2.07 bits per heavy atom. The number of rotatable bonds is 3. The van der Waals surface area contributed by atoms with Crippen molar-refractivity contribution in [3.05, 3.63) is 0 Å². The van der Waals surface area contributed by atoms with Crippen molar-refractivity contribution in [3.8, 4) is 0 Å². The van der Waals surface area contributed by atoms with E-state index < -0.39 is 0 Å². The number of carbonyl (C=O) groups excluding carboxylic acids is 2. The number of hydrogen-bond donors (Lipinski definition) is 1. The molecule has 0 aromatic heterocycles. The zero-order valence-corrected chi connectivity index (χ0v) is 9.04. The minimum absolute atomic E-state index is 0.164. The lowest BCUT2D eigenvalue weighted by atomic mass is 9.99. The predicted molar refractivity (Wildman–Crippen MR) is 53.8 cm³/mol. The maximum absolute atomic E-state index is 11.5. The average Bonchev–Trinajstić information content (AvgIpc) is 2.15. The lowest BCUT2D eigenvalue weighted by Crippen LogP contribution is -2.54. The SMILES string of the molecule is CCC(C)C(C)N1CCC(=O)NC1=O. The van der Waals surface area contributed by atoms with Crippen molar-refractivity contribution in [1.29, 1.82) is 0 Å². The molecule has 0 aromatic rings. The van der Waals surface area contributed by atoms with Gasteiger partial charge in [-0.05, 0) is 12.8 Å². The van der Waals surface area contributed by atoms with Gasteiger partial charge in [0.05, 0.1) is 0 Å². The van der Waals surface area contributed by atoms with E-state index in [1.54, 1.807) is 4.90 Å². The molecule has 4 heteroatoms. The molecule has 2 unspecified atom stereocenters. The fourth-order valence-electron chi connectivity index (χ4n) is 1.61. The van der Waals surface area contributed by atoms with Gasteiger partial charge in [-0.25, -0.2) is 4.79 Å². The molecule has 0 radical (unpaired) electrons. The molecular formula is C10H18N2O2. The Morgan fingerprint density at radius 1 is 1.43 bits per heavy atom. The van der Waals surface area contributed by atoms with Gasteiger partial charge >= 0.3 is 6.03 Å². The van der Waals surface area contributed by atoms with E-state index in [0.717, 1.165) is 6.42 Å². The van der Waals surface area contributed by atoms with Crippen molar-refractivity contribution in [2.45, 2.75) is 39.7 Å². The number of urea groups is 1. The first kappa shape index (κ1) is 11.0. The van der Waals surface area contributed by atoms with Crippen LogP contribution in [0.5, 0.6) is 0 Å². The third kappa shape index (κ3) is 2.25. The summed E-state index contributed by atoms with van der Waals surface area (Å²) in [6, 6.07) is -0.0397. The summed E-state index contributed by atoms with van der Waals surface area (Å²) < 4.78 is 0. The maximum atomic E-state index is 11.5. The lowest BCUT2D eigenvalue weighted by Gasteiger charge is -2.35. The Bertz CT molecular complexity index is 240. The van der Waals surface area contributed by atoms with Crippen molar-refractivity contribution >= 4 is 11.9 Å². The monoisotopic (exact) mass is 198 g/mol. The fraction of sp³-hybridized carbons (Fsp3) is 0.800. The molecule has 4 nitrogen and oxygen atoms in total. The van der Waals surface area contributed by atoms with E-state index in [4.69, 9.17) is 0 Å². The molecule has 1 fully saturated rings. The zero-order chi connectivity index (χ0) is 10.7. The van der Waals surface area contributed by atoms with Crippen LogP contribution in [0, 0.1) is 5.92 Å². The first-order valence-electron chi connectivity index (χ1n) is 5.16. The minimum Gasteiger partial charge on any atom is -0.321 e. The molecule has 0 saturated carbocycles. The van der Waals surface area contributed by atoms with Gasteiger partial charge in [0.25, 0.3) is 0 Å². The van der Waals surface area contributed by atoms with Crippen molar-refractivity contribution in [1.82, 2.24) is 10.2 Å².